The molecule has 135 valence electrons. The van der Waals surface area contributed by atoms with Crippen molar-refractivity contribution in [2.45, 2.75) is 72.6 Å². The van der Waals surface area contributed by atoms with Gasteiger partial charge in [-0.25, -0.2) is 12.0 Å². The molecule has 24 heavy (non-hydrogen) atoms. The van der Waals surface area contributed by atoms with E-state index in [1.807, 2.05) is 0 Å². The topological polar surface area (TPSA) is 37.3 Å². The molecule has 0 fully saturated rings. The molecule has 1 N–H and O–H groups in total. The maximum atomic E-state index is 10.0. The first-order valence-electron chi connectivity index (χ1n) is 8.34. The summed E-state index contributed by atoms with van der Waals surface area (Å²) in [6, 6.07) is 0. The minimum Gasteiger partial charge on any atom is -0.481 e. The third-order valence-electron chi connectivity index (χ3n) is 4.85. The van der Waals surface area contributed by atoms with Crippen LogP contribution in [0.25, 0.3) is 0 Å². The molecule has 0 aromatic rings. The Morgan fingerprint density at radius 2 is 1.54 bits per heavy atom. The number of hydrogen-bond acceptors (Lipinski definition) is 1. The molecule has 1 atom stereocenters. The van der Waals surface area contributed by atoms with Crippen LogP contribution in [-0.4, -0.2) is 11.1 Å². The predicted molar refractivity (Wildman–Crippen MR) is 99.8 cm³/mol. The Morgan fingerprint density at radius 1 is 1.04 bits per heavy atom. The van der Waals surface area contributed by atoms with Crippen LogP contribution in [0.2, 0.25) is 0 Å². The van der Waals surface area contributed by atoms with Gasteiger partial charge in [-0.1, -0.05) is 31.8 Å². The van der Waals surface area contributed by atoms with Crippen molar-refractivity contribution in [3.05, 3.63) is 43.6 Å². The third kappa shape index (κ3) is 5.81. The number of carboxylic acid groups (broad SMARTS) is 1. The van der Waals surface area contributed by atoms with Crippen molar-refractivity contribution in [1.29, 1.82) is 0 Å². The molecule has 0 saturated heterocycles. The quantitative estimate of drug-likeness (QED) is 0.408. The van der Waals surface area contributed by atoms with E-state index in [0.29, 0.717) is 0 Å². The van der Waals surface area contributed by atoms with Gasteiger partial charge in [0.2, 0.25) is 0 Å². The maximum absolute atomic E-state index is 10.0. The molecule has 3 rings (SSSR count). The molecule has 0 saturated carbocycles. The predicted octanol–water partition coefficient (Wildman–Crippen LogP) is 6.21. The van der Waals surface area contributed by atoms with Crippen LogP contribution < -0.4 is 0 Å². The molecule has 1 unspecified atom stereocenters. The Bertz CT molecular complexity index is 449. The minimum atomic E-state index is -0.757. The molecule has 3 aliphatic carbocycles. The summed E-state index contributed by atoms with van der Waals surface area (Å²) in [6.07, 6.45) is 12.2. The van der Waals surface area contributed by atoms with Crippen molar-refractivity contribution in [3.63, 3.8) is 0 Å². The number of rotatable bonds is 0. The van der Waals surface area contributed by atoms with E-state index in [4.69, 9.17) is 5.11 Å². The summed E-state index contributed by atoms with van der Waals surface area (Å²) in [7, 11) is 0. The zero-order valence-electron chi connectivity index (χ0n) is 16.5. The van der Waals surface area contributed by atoms with Crippen LogP contribution in [0.15, 0.2) is 22.3 Å². The standard InChI is InChI=1S/C14H19.C5H10O2.2CH3.Ti/c1-10-11-6-2-4-8-13(11)14-9-5-3-7-12(10)14;1-5(2,3)4(6)7;;;/h6,10H,2-5,7-9H2,1H3;1-3H3,(H,6,7);2*1H3;/q-1;;2*-1;+3. The summed E-state index contributed by atoms with van der Waals surface area (Å²) < 4.78 is 0. The zero-order valence-corrected chi connectivity index (χ0v) is 18.0. The first-order chi connectivity index (χ1) is 9.82. The van der Waals surface area contributed by atoms with E-state index in [1.165, 1.54) is 44.9 Å². The van der Waals surface area contributed by atoms with Crippen LogP contribution in [-0.2, 0) is 26.5 Å². The molecule has 3 heteroatoms. The molecule has 0 aliphatic heterocycles. The van der Waals surface area contributed by atoms with Crippen molar-refractivity contribution >= 4 is 5.97 Å². The molecular formula is C21H35O2Ti. The molecular weight excluding hydrogens is 332 g/mol. The fraction of sp³-hybridized carbons (Fsp3) is 0.619. The van der Waals surface area contributed by atoms with Gasteiger partial charge in [0, 0.05) is 0 Å². The number of fused-ring (bicyclic) bond motifs is 1. The van der Waals surface area contributed by atoms with E-state index < -0.39 is 11.4 Å². The number of aliphatic carboxylic acids is 1. The monoisotopic (exact) mass is 367 g/mol. The number of carbonyl (C=O) groups is 1. The van der Waals surface area contributed by atoms with E-state index in [0.717, 1.165) is 5.92 Å². The summed E-state index contributed by atoms with van der Waals surface area (Å²) in [5.41, 5.74) is 6.48. The van der Waals surface area contributed by atoms with Crippen LogP contribution in [0, 0.1) is 32.6 Å². The van der Waals surface area contributed by atoms with Crippen molar-refractivity contribution < 1.29 is 31.6 Å². The second kappa shape index (κ2) is 10.5. The summed E-state index contributed by atoms with van der Waals surface area (Å²) in [4.78, 5) is 10.0. The van der Waals surface area contributed by atoms with E-state index in [2.05, 4.69) is 13.3 Å². The van der Waals surface area contributed by atoms with E-state index in [9.17, 15) is 4.79 Å². The fourth-order valence-electron chi connectivity index (χ4n) is 3.51. The summed E-state index contributed by atoms with van der Waals surface area (Å²) in [6.45, 7) is 7.41. The van der Waals surface area contributed by atoms with Gasteiger partial charge < -0.3 is 20.0 Å². The van der Waals surface area contributed by atoms with Gasteiger partial charge in [-0.05, 0) is 46.0 Å². The van der Waals surface area contributed by atoms with Gasteiger partial charge in [0.05, 0.1) is 5.41 Å². The van der Waals surface area contributed by atoms with Crippen LogP contribution >= 0.6 is 0 Å². The molecule has 0 aromatic carbocycles. The first-order valence-corrected chi connectivity index (χ1v) is 8.34. The first kappa shape index (κ1) is 25.8. The third-order valence-corrected chi connectivity index (χ3v) is 4.85. The largest absolute Gasteiger partial charge is 3.00 e. The second-order valence-corrected chi connectivity index (χ2v) is 7.52. The Morgan fingerprint density at radius 3 is 2.08 bits per heavy atom. The Kier molecular flexibility index (Phi) is 11.3. The van der Waals surface area contributed by atoms with Crippen LogP contribution in [0.5, 0.6) is 0 Å². The van der Waals surface area contributed by atoms with Gasteiger partial charge in [0.15, 0.2) is 0 Å². The van der Waals surface area contributed by atoms with Crippen LogP contribution in [0.3, 0.4) is 0 Å². The Hall–Kier alpha value is -0.466. The maximum Gasteiger partial charge on any atom is 3.00 e. The zero-order chi connectivity index (χ0) is 15.6. The summed E-state index contributed by atoms with van der Waals surface area (Å²) in [5.74, 6) is 0.0214. The number of carboxylic acids is 1. The van der Waals surface area contributed by atoms with Crippen LogP contribution in [0.1, 0.15) is 72.6 Å². The summed E-state index contributed by atoms with van der Waals surface area (Å²) in [5, 5.41) is 8.25. The Balaban J connectivity index is 0. The van der Waals surface area contributed by atoms with E-state index >= 15 is 0 Å². The molecule has 0 spiro atoms. The van der Waals surface area contributed by atoms with Gasteiger partial charge in [-0.3, -0.25) is 4.79 Å². The van der Waals surface area contributed by atoms with Gasteiger partial charge >= 0.3 is 27.7 Å². The summed E-state index contributed by atoms with van der Waals surface area (Å²) >= 11 is 0. The second-order valence-electron chi connectivity index (χ2n) is 7.52. The molecule has 0 amide bonds. The van der Waals surface area contributed by atoms with Crippen molar-refractivity contribution in [2.24, 2.45) is 11.3 Å². The number of hydrogen-bond donors (Lipinski definition) is 1. The average molecular weight is 367 g/mol. The minimum absolute atomic E-state index is 0. The fourth-order valence-corrected chi connectivity index (χ4v) is 3.51. The van der Waals surface area contributed by atoms with Gasteiger partial charge in [-0.15, -0.1) is 12.0 Å². The molecule has 0 aromatic heterocycles. The molecule has 2 nitrogen and oxygen atoms in total. The van der Waals surface area contributed by atoms with Crippen molar-refractivity contribution in [2.75, 3.05) is 0 Å². The normalized spacial score (nSPS) is 21.6. The Labute approximate surface area is 165 Å². The van der Waals surface area contributed by atoms with Gasteiger partial charge in [0.25, 0.3) is 0 Å². The molecule has 3 aliphatic rings. The molecule has 0 heterocycles. The van der Waals surface area contributed by atoms with E-state index in [1.54, 1.807) is 43.1 Å². The smallest absolute Gasteiger partial charge is 0.481 e. The molecule has 0 bridgehead atoms. The SMILES string of the molecule is CC(C)(C)C(=O)O.CC1C2=C(CCC[CH-]2)C2=C1CCCC2.[CH3-].[CH3-].[Ti+3]. The van der Waals surface area contributed by atoms with E-state index in [-0.39, 0.29) is 36.6 Å². The van der Waals surface area contributed by atoms with Crippen molar-refractivity contribution in [3.8, 4) is 0 Å². The van der Waals surface area contributed by atoms with Crippen LogP contribution in [0.4, 0.5) is 0 Å². The van der Waals surface area contributed by atoms with Gasteiger partial charge in [0.1, 0.15) is 0 Å². The van der Waals surface area contributed by atoms with Gasteiger partial charge in [-0.2, -0.15) is 5.57 Å². The average Bonchev–Trinajstić information content (AvgIpc) is 2.73. The molecule has 1 radical (unpaired) electrons. The van der Waals surface area contributed by atoms with Crippen molar-refractivity contribution in [1.82, 2.24) is 0 Å². The number of allylic oxidation sites excluding steroid dienone is 4.